The van der Waals surface area contributed by atoms with E-state index in [1.807, 2.05) is 0 Å². The molecule has 1 aromatic carbocycles. The normalized spacial score (nSPS) is 13.6. The third kappa shape index (κ3) is 5.55. The number of carbonyl (C=O) groups excluding carboxylic acids is 1. The second-order valence-electron chi connectivity index (χ2n) is 5.80. The second-order valence-corrected chi connectivity index (χ2v) is 5.80. The SMILES string of the molecule is CC(C)(C)OC(=O)N[C@@H](CCO)c1ccccc1C(F)(F)F. The molecule has 0 spiro atoms. The standard InChI is InChI=1S/C15H20F3NO3/c1-14(2,3)22-13(21)19-12(8-9-20)10-6-4-5-7-11(10)15(16,17)18/h4-7,12,20H,8-9H2,1-3H3,(H,19,21)/t12-/m0/s1. The lowest BCUT2D eigenvalue weighted by Gasteiger charge is -2.25. The van der Waals surface area contributed by atoms with Crippen molar-refractivity contribution in [2.75, 3.05) is 6.61 Å². The Balaban J connectivity index is 3.04. The number of rotatable bonds is 4. The molecule has 0 saturated heterocycles. The predicted octanol–water partition coefficient (Wildman–Crippen LogP) is 3.65. The first-order valence-corrected chi connectivity index (χ1v) is 6.81. The van der Waals surface area contributed by atoms with Crippen LogP contribution in [0, 0.1) is 0 Å². The molecule has 0 heterocycles. The molecule has 1 aromatic rings. The molecule has 1 atom stereocenters. The van der Waals surface area contributed by atoms with Crippen molar-refractivity contribution in [3.8, 4) is 0 Å². The van der Waals surface area contributed by atoms with Gasteiger partial charge in [0.05, 0.1) is 11.6 Å². The monoisotopic (exact) mass is 319 g/mol. The number of hydrogen-bond donors (Lipinski definition) is 2. The van der Waals surface area contributed by atoms with Gasteiger partial charge in [-0.15, -0.1) is 0 Å². The number of alkyl halides is 3. The Hall–Kier alpha value is -1.76. The Morgan fingerprint density at radius 1 is 1.27 bits per heavy atom. The van der Waals surface area contributed by atoms with Crippen molar-refractivity contribution < 1.29 is 27.8 Å². The van der Waals surface area contributed by atoms with Crippen LogP contribution < -0.4 is 5.32 Å². The van der Waals surface area contributed by atoms with E-state index < -0.39 is 29.5 Å². The Bertz CT molecular complexity index is 509. The zero-order chi connectivity index (χ0) is 17.0. The molecule has 0 unspecified atom stereocenters. The van der Waals surface area contributed by atoms with Gasteiger partial charge in [0.1, 0.15) is 5.60 Å². The summed E-state index contributed by atoms with van der Waals surface area (Å²) >= 11 is 0. The van der Waals surface area contributed by atoms with Gasteiger partial charge < -0.3 is 15.2 Å². The van der Waals surface area contributed by atoms with Crippen molar-refractivity contribution in [3.63, 3.8) is 0 Å². The van der Waals surface area contributed by atoms with Crippen molar-refractivity contribution in [1.82, 2.24) is 5.32 Å². The van der Waals surface area contributed by atoms with Gasteiger partial charge in [0.2, 0.25) is 0 Å². The van der Waals surface area contributed by atoms with Crippen LogP contribution in [0.15, 0.2) is 24.3 Å². The number of halogens is 3. The molecule has 7 heteroatoms. The van der Waals surface area contributed by atoms with E-state index in [0.29, 0.717) is 0 Å². The Labute approximate surface area is 127 Å². The summed E-state index contributed by atoms with van der Waals surface area (Å²) in [6, 6.07) is 3.95. The Morgan fingerprint density at radius 2 is 1.86 bits per heavy atom. The molecule has 4 nitrogen and oxygen atoms in total. The molecule has 2 N–H and O–H groups in total. The van der Waals surface area contributed by atoms with Crippen molar-refractivity contribution in [2.24, 2.45) is 0 Å². The minimum absolute atomic E-state index is 0.0493. The molecule has 0 radical (unpaired) electrons. The van der Waals surface area contributed by atoms with Crippen LogP contribution in [0.3, 0.4) is 0 Å². The highest BCUT2D eigenvalue weighted by atomic mass is 19.4. The predicted molar refractivity (Wildman–Crippen MR) is 75.3 cm³/mol. The van der Waals surface area contributed by atoms with Gasteiger partial charge in [-0.2, -0.15) is 13.2 Å². The van der Waals surface area contributed by atoms with Gasteiger partial charge in [-0.25, -0.2) is 4.79 Å². The van der Waals surface area contributed by atoms with Crippen LogP contribution >= 0.6 is 0 Å². The number of ether oxygens (including phenoxy) is 1. The summed E-state index contributed by atoms with van der Waals surface area (Å²) in [6.07, 6.45) is -5.42. The summed E-state index contributed by atoms with van der Waals surface area (Å²) in [7, 11) is 0. The summed E-state index contributed by atoms with van der Waals surface area (Å²) in [6.45, 7) is 4.58. The van der Waals surface area contributed by atoms with Crippen LogP contribution in [-0.4, -0.2) is 23.4 Å². The van der Waals surface area contributed by atoms with Gasteiger partial charge in [-0.1, -0.05) is 18.2 Å². The first kappa shape index (κ1) is 18.3. The first-order valence-electron chi connectivity index (χ1n) is 6.81. The molecule has 0 bridgehead atoms. The fourth-order valence-corrected chi connectivity index (χ4v) is 1.94. The van der Waals surface area contributed by atoms with Gasteiger partial charge >= 0.3 is 12.3 Å². The van der Waals surface area contributed by atoms with E-state index in [1.165, 1.54) is 18.2 Å². The van der Waals surface area contributed by atoms with Crippen LogP contribution in [-0.2, 0) is 10.9 Å². The zero-order valence-corrected chi connectivity index (χ0v) is 12.7. The highest BCUT2D eigenvalue weighted by Crippen LogP contribution is 2.35. The van der Waals surface area contributed by atoms with E-state index in [1.54, 1.807) is 20.8 Å². The average molecular weight is 319 g/mol. The van der Waals surface area contributed by atoms with E-state index in [4.69, 9.17) is 9.84 Å². The van der Waals surface area contributed by atoms with Crippen molar-refractivity contribution >= 4 is 6.09 Å². The third-order valence-electron chi connectivity index (χ3n) is 2.75. The largest absolute Gasteiger partial charge is 0.444 e. The summed E-state index contributed by atoms with van der Waals surface area (Å²) < 4.78 is 44.2. The number of aliphatic hydroxyl groups excluding tert-OH is 1. The zero-order valence-electron chi connectivity index (χ0n) is 12.7. The molecule has 124 valence electrons. The first-order chi connectivity index (χ1) is 10.0. The van der Waals surface area contributed by atoms with E-state index in [2.05, 4.69) is 5.32 Å². The maximum Gasteiger partial charge on any atom is 0.416 e. The Kier molecular flexibility index (Phi) is 5.82. The molecular weight excluding hydrogens is 299 g/mol. The number of alkyl carbamates (subject to hydrolysis) is 1. The van der Waals surface area contributed by atoms with Crippen LogP contribution in [0.1, 0.15) is 44.4 Å². The highest BCUT2D eigenvalue weighted by molar-refractivity contribution is 5.68. The smallest absolute Gasteiger partial charge is 0.416 e. The Morgan fingerprint density at radius 3 is 2.36 bits per heavy atom. The summed E-state index contributed by atoms with van der Waals surface area (Å²) in [5.41, 5.74) is -1.71. The van der Waals surface area contributed by atoms with Crippen molar-refractivity contribution in [3.05, 3.63) is 35.4 Å². The minimum Gasteiger partial charge on any atom is -0.444 e. The van der Waals surface area contributed by atoms with Crippen LogP contribution in [0.2, 0.25) is 0 Å². The number of amides is 1. The number of nitrogens with one attached hydrogen (secondary N) is 1. The average Bonchev–Trinajstić information content (AvgIpc) is 2.35. The molecule has 0 aliphatic rings. The lowest BCUT2D eigenvalue weighted by Crippen LogP contribution is -2.36. The quantitative estimate of drug-likeness (QED) is 0.890. The molecule has 0 aliphatic carbocycles. The maximum atomic E-state index is 13.1. The van der Waals surface area contributed by atoms with E-state index in [0.717, 1.165) is 6.07 Å². The molecular formula is C15H20F3NO3. The van der Waals surface area contributed by atoms with Gasteiger partial charge in [0.25, 0.3) is 0 Å². The summed E-state index contributed by atoms with van der Waals surface area (Å²) in [5.74, 6) is 0. The van der Waals surface area contributed by atoms with E-state index >= 15 is 0 Å². The molecule has 0 aliphatic heterocycles. The molecule has 0 aromatic heterocycles. The van der Waals surface area contributed by atoms with E-state index in [-0.39, 0.29) is 18.6 Å². The molecule has 1 rings (SSSR count). The molecule has 1 amide bonds. The molecule has 0 fully saturated rings. The topological polar surface area (TPSA) is 58.6 Å². The van der Waals surface area contributed by atoms with Crippen molar-refractivity contribution in [1.29, 1.82) is 0 Å². The lowest BCUT2D eigenvalue weighted by molar-refractivity contribution is -0.138. The summed E-state index contributed by atoms with van der Waals surface area (Å²) in [5, 5.41) is 11.4. The lowest BCUT2D eigenvalue weighted by atomic mass is 9.98. The molecule has 22 heavy (non-hydrogen) atoms. The number of carbonyl (C=O) groups is 1. The van der Waals surface area contributed by atoms with Gasteiger partial charge in [0, 0.05) is 6.61 Å². The number of aliphatic hydroxyl groups is 1. The fraction of sp³-hybridized carbons (Fsp3) is 0.533. The number of hydrogen-bond acceptors (Lipinski definition) is 3. The van der Waals surface area contributed by atoms with Crippen LogP contribution in [0.25, 0.3) is 0 Å². The maximum absolute atomic E-state index is 13.1. The number of benzene rings is 1. The van der Waals surface area contributed by atoms with Gasteiger partial charge in [-0.3, -0.25) is 0 Å². The van der Waals surface area contributed by atoms with Crippen molar-refractivity contribution in [2.45, 2.75) is 45.0 Å². The minimum atomic E-state index is -4.54. The van der Waals surface area contributed by atoms with Crippen LogP contribution in [0.5, 0.6) is 0 Å². The highest BCUT2D eigenvalue weighted by Gasteiger charge is 2.35. The molecule has 0 saturated carbocycles. The second kappa shape index (κ2) is 7.00. The van der Waals surface area contributed by atoms with Gasteiger partial charge in [0.15, 0.2) is 0 Å². The fourth-order valence-electron chi connectivity index (χ4n) is 1.94. The van der Waals surface area contributed by atoms with E-state index in [9.17, 15) is 18.0 Å². The van der Waals surface area contributed by atoms with Gasteiger partial charge in [-0.05, 0) is 38.8 Å². The third-order valence-corrected chi connectivity index (χ3v) is 2.75. The summed E-state index contributed by atoms with van der Waals surface area (Å²) in [4.78, 5) is 11.8. The van der Waals surface area contributed by atoms with Crippen LogP contribution in [0.4, 0.5) is 18.0 Å².